The SMILES string of the molecule is C/C=C/C1CCC(c2ccc(O)cc2)CC1. The zero-order valence-electron chi connectivity index (χ0n) is 9.89. The quantitative estimate of drug-likeness (QED) is 0.733. The standard InChI is InChI=1S/C15H20O/c1-2-3-12-4-6-13(7-5-12)14-8-10-15(16)11-9-14/h2-3,8-13,16H,4-7H2,1H3/b3-2+. The minimum absolute atomic E-state index is 0.367. The van der Waals surface area contributed by atoms with Crippen LogP contribution >= 0.6 is 0 Å². The number of benzene rings is 1. The van der Waals surface area contributed by atoms with E-state index >= 15 is 0 Å². The lowest BCUT2D eigenvalue weighted by molar-refractivity contribution is 0.375. The fourth-order valence-corrected chi connectivity index (χ4v) is 2.66. The number of phenolic OH excluding ortho intramolecular Hbond substituents is 1. The topological polar surface area (TPSA) is 20.2 Å². The lowest BCUT2D eigenvalue weighted by atomic mass is 9.78. The summed E-state index contributed by atoms with van der Waals surface area (Å²) >= 11 is 0. The lowest BCUT2D eigenvalue weighted by Crippen LogP contribution is -2.11. The van der Waals surface area contributed by atoms with E-state index in [-0.39, 0.29) is 0 Å². The van der Waals surface area contributed by atoms with Crippen LogP contribution in [0.15, 0.2) is 36.4 Å². The number of hydrogen-bond acceptors (Lipinski definition) is 1. The van der Waals surface area contributed by atoms with Gasteiger partial charge in [-0.1, -0.05) is 24.3 Å². The fourth-order valence-electron chi connectivity index (χ4n) is 2.66. The maximum absolute atomic E-state index is 9.26. The van der Waals surface area contributed by atoms with E-state index in [0.717, 1.165) is 5.92 Å². The summed E-state index contributed by atoms with van der Waals surface area (Å²) in [6.45, 7) is 2.10. The van der Waals surface area contributed by atoms with Crippen LogP contribution in [0.5, 0.6) is 5.75 Å². The van der Waals surface area contributed by atoms with Gasteiger partial charge in [0, 0.05) is 0 Å². The Morgan fingerprint density at radius 1 is 1.06 bits per heavy atom. The molecule has 1 aliphatic rings. The summed E-state index contributed by atoms with van der Waals surface area (Å²) in [6, 6.07) is 7.73. The average Bonchev–Trinajstić information content (AvgIpc) is 2.32. The summed E-state index contributed by atoms with van der Waals surface area (Å²) in [6.07, 6.45) is 9.67. The molecule has 0 aliphatic heterocycles. The van der Waals surface area contributed by atoms with Crippen LogP contribution in [0, 0.1) is 5.92 Å². The van der Waals surface area contributed by atoms with Crippen molar-refractivity contribution in [2.45, 2.75) is 38.5 Å². The van der Waals surface area contributed by atoms with E-state index in [9.17, 15) is 5.11 Å². The third-order valence-corrected chi connectivity index (χ3v) is 3.60. The predicted molar refractivity (Wildman–Crippen MR) is 67.6 cm³/mol. The summed E-state index contributed by atoms with van der Waals surface area (Å²) in [4.78, 5) is 0. The van der Waals surface area contributed by atoms with Crippen molar-refractivity contribution in [3.05, 3.63) is 42.0 Å². The van der Waals surface area contributed by atoms with Gasteiger partial charge >= 0.3 is 0 Å². The minimum atomic E-state index is 0.367. The monoisotopic (exact) mass is 216 g/mol. The van der Waals surface area contributed by atoms with Gasteiger partial charge in [0.25, 0.3) is 0 Å². The number of allylic oxidation sites excluding steroid dienone is 2. The van der Waals surface area contributed by atoms with Crippen molar-refractivity contribution in [1.29, 1.82) is 0 Å². The molecule has 0 radical (unpaired) electrons. The highest BCUT2D eigenvalue weighted by molar-refractivity contribution is 5.28. The molecule has 0 saturated heterocycles. The zero-order chi connectivity index (χ0) is 11.4. The zero-order valence-corrected chi connectivity index (χ0v) is 9.89. The van der Waals surface area contributed by atoms with Crippen LogP contribution in [-0.4, -0.2) is 5.11 Å². The van der Waals surface area contributed by atoms with Crippen molar-refractivity contribution in [3.8, 4) is 5.75 Å². The Balaban J connectivity index is 1.96. The second kappa shape index (κ2) is 5.20. The Morgan fingerprint density at radius 3 is 2.25 bits per heavy atom. The van der Waals surface area contributed by atoms with Crippen LogP contribution in [0.3, 0.4) is 0 Å². The molecule has 0 bridgehead atoms. The highest BCUT2D eigenvalue weighted by Gasteiger charge is 2.20. The largest absolute Gasteiger partial charge is 0.508 e. The van der Waals surface area contributed by atoms with Crippen molar-refractivity contribution in [3.63, 3.8) is 0 Å². The van der Waals surface area contributed by atoms with Crippen LogP contribution in [0.4, 0.5) is 0 Å². The van der Waals surface area contributed by atoms with Gasteiger partial charge in [0.1, 0.15) is 5.75 Å². The smallest absolute Gasteiger partial charge is 0.115 e. The van der Waals surface area contributed by atoms with E-state index < -0.39 is 0 Å². The van der Waals surface area contributed by atoms with E-state index in [4.69, 9.17) is 0 Å². The normalized spacial score (nSPS) is 26.1. The maximum Gasteiger partial charge on any atom is 0.115 e. The average molecular weight is 216 g/mol. The molecule has 0 aromatic heterocycles. The summed E-state index contributed by atoms with van der Waals surface area (Å²) in [5.41, 5.74) is 1.39. The predicted octanol–water partition coefficient (Wildman–Crippen LogP) is 4.24. The maximum atomic E-state index is 9.26. The van der Waals surface area contributed by atoms with E-state index in [1.807, 2.05) is 0 Å². The van der Waals surface area contributed by atoms with Gasteiger partial charge in [-0.25, -0.2) is 0 Å². The molecule has 1 N–H and O–H groups in total. The van der Waals surface area contributed by atoms with Crippen molar-refractivity contribution < 1.29 is 5.11 Å². The third kappa shape index (κ3) is 2.66. The van der Waals surface area contributed by atoms with E-state index in [1.54, 1.807) is 12.1 Å². The number of phenols is 1. The van der Waals surface area contributed by atoms with Crippen LogP contribution in [0.2, 0.25) is 0 Å². The van der Waals surface area contributed by atoms with Gasteiger partial charge in [0.15, 0.2) is 0 Å². The van der Waals surface area contributed by atoms with E-state index in [0.29, 0.717) is 11.7 Å². The van der Waals surface area contributed by atoms with Gasteiger partial charge in [0.2, 0.25) is 0 Å². The molecule has 1 aliphatic carbocycles. The first-order valence-corrected chi connectivity index (χ1v) is 6.21. The summed E-state index contributed by atoms with van der Waals surface area (Å²) < 4.78 is 0. The first-order chi connectivity index (χ1) is 7.79. The van der Waals surface area contributed by atoms with Gasteiger partial charge in [0.05, 0.1) is 0 Å². The molecule has 2 rings (SSSR count). The summed E-state index contributed by atoms with van der Waals surface area (Å²) in [5, 5.41) is 9.26. The first-order valence-electron chi connectivity index (χ1n) is 6.21. The molecule has 0 spiro atoms. The second-order valence-corrected chi connectivity index (χ2v) is 4.73. The Hall–Kier alpha value is -1.24. The number of aromatic hydroxyl groups is 1. The number of hydrogen-bond donors (Lipinski definition) is 1. The van der Waals surface area contributed by atoms with Gasteiger partial charge in [-0.05, 0) is 62.1 Å². The van der Waals surface area contributed by atoms with Gasteiger partial charge < -0.3 is 5.11 Å². The van der Waals surface area contributed by atoms with Crippen molar-refractivity contribution in [2.24, 2.45) is 5.92 Å². The highest BCUT2D eigenvalue weighted by Crippen LogP contribution is 2.36. The second-order valence-electron chi connectivity index (χ2n) is 4.73. The van der Waals surface area contributed by atoms with Gasteiger partial charge in [-0.2, -0.15) is 0 Å². The molecule has 1 aromatic rings. The molecule has 0 heterocycles. The van der Waals surface area contributed by atoms with Crippen LogP contribution in [0.25, 0.3) is 0 Å². The fraction of sp³-hybridized carbons (Fsp3) is 0.467. The minimum Gasteiger partial charge on any atom is -0.508 e. The molecule has 86 valence electrons. The molecule has 1 nitrogen and oxygen atoms in total. The Kier molecular flexibility index (Phi) is 3.66. The lowest BCUT2D eigenvalue weighted by Gasteiger charge is -2.27. The van der Waals surface area contributed by atoms with Crippen LogP contribution in [-0.2, 0) is 0 Å². The van der Waals surface area contributed by atoms with Crippen molar-refractivity contribution >= 4 is 0 Å². The first kappa shape index (κ1) is 11.3. The molecule has 0 unspecified atom stereocenters. The van der Waals surface area contributed by atoms with Crippen LogP contribution in [0.1, 0.15) is 44.1 Å². The Morgan fingerprint density at radius 2 is 1.69 bits per heavy atom. The van der Waals surface area contributed by atoms with Crippen LogP contribution < -0.4 is 0 Å². The van der Waals surface area contributed by atoms with Gasteiger partial charge in [-0.15, -0.1) is 0 Å². The number of rotatable bonds is 2. The molecule has 1 saturated carbocycles. The Bertz CT molecular complexity index is 342. The molecule has 1 aromatic carbocycles. The molecule has 1 fully saturated rings. The molecular formula is C15H20O. The van der Waals surface area contributed by atoms with Gasteiger partial charge in [-0.3, -0.25) is 0 Å². The highest BCUT2D eigenvalue weighted by atomic mass is 16.3. The molecular weight excluding hydrogens is 196 g/mol. The summed E-state index contributed by atoms with van der Waals surface area (Å²) in [7, 11) is 0. The van der Waals surface area contributed by atoms with Crippen molar-refractivity contribution in [2.75, 3.05) is 0 Å². The molecule has 16 heavy (non-hydrogen) atoms. The molecule has 1 heteroatoms. The van der Waals surface area contributed by atoms with E-state index in [1.165, 1.54) is 31.2 Å². The summed E-state index contributed by atoms with van der Waals surface area (Å²) in [5.74, 6) is 1.85. The van der Waals surface area contributed by atoms with Crippen molar-refractivity contribution in [1.82, 2.24) is 0 Å². The molecule has 0 atom stereocenters. The van der Waals surface area contributed by atoms with E-state index in [2.05, 4.69) is 31.2 Å². The molecule has 0 amide bonds. The third-order valence-electron chi connectivity index (χ3n) is 3.60. The Labute approximate surface area is 97.8 Å².